The van der Waals surface area contributed by atoms with Crippen LogP contribution in [0.2, 0.25) is 0 Å². The van der Waals surface area contributed by atoms with Crippen LogP contribution in [-0.4, -0.2) is 120 Å². The molecule has 5 rings (SSSR count). The molecule has 0 radical (unpaired) electrons. The van der Waals surface area contributed by atoms with E-state index >= 15 is 0 Å². The number of carbonyl (C=O) groups excluding carboxylic acids is 5. The number of nitrogens with one attached hydrogen (secondary N) is 2. The van der Waals surface area contributed by atoms with Crippen molar-refractivity contribution in [1.82, 2.24) is 20.6 Å². The number of rotatable bonds is 21. The number of likely N-dealkylation sites (N-methyl/N-ethyl adjacent to an activating group) is 1. The molecule has 0 spiro atoms. The molecule has 3 amide bonds. The fourth-order valence-corrected chi connectivity index (χ4v) is 8.66. The van der Waals surface area contributed by atoms with Crippen LogP contribution in [0.5, 0.6) is 0 Å². The third-order valence-electron chi connectivity index (χ3n) is 11.6. The van der Waals surface area contributed by atoms with Gasteiger partial charge in [-0.15, -0.1) is 0 Å². The Balaban J connectivity index is 1.39. The standard InChI is InChI=1S/C44H66N4O11/c1-8-10-14-23-43(24-15-11-9-2)57-36-32-26-44(41(54)45-25-22-33(50)46-31(28-49)19-21-35(52)56-42(3,4)5)38(40(53)55-32)48(59-39(44)37(36)58-43)27-30-17-13-12-16-29(30)18-20-34(51)47(6)7/h12-13,16-18,20,31-32,36-39,49H,8-11,14-15,19,21-28H2,1-7H3,(H,45,54)(H,46,50)/t31-,32+,36-,37-,38+,39+,44+/m0/s1. The van der Waals surface area contributed by atoms with Crippen LogP contribution in [0.25, 0.3) is 6.08 Å². The van der Waals surface area contributed by atoms with Crippen molar-refractivity contribution < 1.29 is 52.9 Å². The van der Waals surface area contributed by atoms with Gasteiger partial charge in [0, 0.05) is 58.8 Å². The largest absolute Gasteiger partial charge is 0.460 e. The summed E-state index contributed by atoms with van der Waals surface area (Å²) in [4.78, 5) is 75.0. The van der Waals surface area contributed by atoms with E-state index in [-0.39, 0.29) is 51.3 Å². The van der Waals surface area contributed by atoms with Crippen molar-refractivity contribution in [2.75, 3.05) is 27.2 Å². The molecule has 4 fully saturated rings. The predicted octanol–water partition coefficient (Wildman–Crippen LogP) is 4.33. The highest BCUT2D eigenvalue weighted by Crippen LogP contribution is 2.58. The summed E-state index contributed by atoms with van der Waals surface area (Å²) in [5.74, 6) is -3.04. The van der Waals surface area contributed by atoms with Gasteiger partial charge in [-0.05, 0) is 57.2 Å². The zero-order valence-corrected chi connectivity index (χ0v) is 36.0. The number of hydroxylamine groups is 2. The first-order valence-electron chi connectivity index (χ1n) is 21.4. The van der Waals surface area contributed by atoms with Gasteiger partial charge in [-0.1, -0.05) is 63.8 Å². The summed E-state index contributed by atoms with van der Waals surface area (Å²) in [6, 6.07) is 5.63. The molecular formula is C44H66N4O11. The molecule has 3 N–H and O–H groups in total. The zero-order valence-electron chi connectivity index (χ0n) is 36.0. The average Bonchev–Trinajstić information content (AvgIpc) is 3.73. The summed E-state index contributed by atoms with van der Waals surface area (Å²) < 4.78 is 25.3. The van der Waals surface area contributed by atoms with Crippen LogP contribution in [-0.2, 0) is 54.3 Å². The lowest BCUT2D eigenvalue weighted by atomic mass is 9.62. The molecule has 3 saturated heterocycles. The number of ether oxygens (including phenoxy) is 4. The van der Waals surface area contributed by atoms with E-state index in [2.05, 4.69) is 24.5 Å². The highest BCUT2D eigenvalue weighted by Gasteiger charge is 2.76. The van der Waals surface area contributed by atoms with E-state index in [1.807, 2.05) is 24.3 Å². The van der Waals surface area contributed by atoms with Gasteiger partial charge in [-0.2, -0.15) is 5.06 Å². The Bertz CT molecular complexity index is 1670. The summed E-state index contributed by atoms with van der Waals surface area (Å²) in [5, 5.41) is 17.1. The van der Waals surface area contributed by atoms with Crippen molar-refractivity contribution in [3.05, 3.63) is 41.5 Å². The second kappa shape index (κ2) is 20.1. The van der Waals surface area contributed by atoms with Crippen LogP contribution in [0, 0.1) is 5.41 Å². The lowest BCUT2D eigenvalue weighted by Crippen LogP contribution is -2.69. The molecule has 1 aliphatic carbocycles. The number of carbonyl (C=O) groups is 5. The normalized spacial score (nSPS) is 26.2. The number of hydrogen-bond acceptors (Lipinski definition) is 12. The van der Waals surface area contributed by atoms with Crippen LogP contribution < -0.4 is 10.6 Å². The van der Waals surface area contributed by atoms with Crippen LogP contribution in [0.4, 0.5) is 0 Å². The van der Waals surface area contributed by atoms with Gasteiger partial charge in [0.05, 0.1) is 19.2 Å². The van der Waals surface area contributed by atoms with E-state index in [0.717, 1.165) is 49.7 Å². The van der Waals surface area contributed by atoms with Gasteiger partial charge < -0.3 is 39.6 Å². The highest BCUT2D eigenvalue weighted by molar-refractivity contribution is 5.94. The molecule has 2 bridgehead atoms. The molecule has 1 saturated carbocycles. The van der Waals surface area contributed by atoms with E-state index in [9.17, 15) is 29.1 Å². The second-order valence-corrected chi connectivity index (χ2v) is 17.6. The maximum absolute atomic E-state index is 14.8. The first kappa shape index (κ1) is 46.2. The fraction of sp³-hybridized carbons (Fsp3) is 0.705. The minimum Gasteiger partial charge on any atom is -0.460 e. The molecule has 3 aliphatic heterocycles. The van der Waals surface area contributed by atoms with Crippen molar-refractivity contribution in [3.63, 3.8) is 0 Å². The van der Waals surface area contributed by atoms with E-state index in [0.29, 0.717) is 12.8 Å². The van der Waals surface area contributed by atoms with Crippen molar-refractivity contribution >= 4 is 35.7 Å². The SMILES string of the molecule is CCCCCC1(CCCCC)O[C@@H]2[C@H](O1)[C@H]1ON(Cc3ccccc3C=CC(=O)N(C)C)[C@@H]3C(=O)O[C@@H]2C[C@]13C(=O)NCCC(=O)N[C@H](CO)CCC(=O)OC(C)(C)C. The first-order chi connectivity index (χ1) is 28.1. The average molecular weight is 827 g/mol. The van der Waals surface area contributed by atoms with Crippen LogP contribution >= 0.6 is 0 Å². The molecular weight excluding hydrogens is 761 g/mol. The molecule has 15 nitrogen and oxygen atoms in total. The lowest BCUT2D eigenvalue weighted by molar-refractivity contribution is -0.224. The molecule has 0 unspecified atom stereocenters. The van der Waals surface area contributed by atoms with E-state index in [4.69, 9.17) is 23.8 Å². The van der Waals surface area contributed by atoms with Gasteiger partial charge in [-0.25, -0.2) is 0 Å². The van der Waals surface area contributed by atoms with E-state index in [1.54, 1.807) is 40.9 Å². The van der Waals surface area contributed by atoms with Gasteiger partial charge in [0.2, 0.25) is 17.7 Å². The minimum atomic E-state index is -1.45. The number of benzene rings is 1. The Labute approximate surface area is 348 Å². The molecule has 4 aliphatic rings. The lowest BCUT2D eigenvalue weighted by Gasteiger charge is -2.48. The second-order valence-electron chi connectivity index (χ2n) is 17.6. The summed E-state index contributed by atoms with van der Waals surface area (Å²) >= 11 is 0. The van der Waals surface area contributed by atoms with Crippen molar-refractivity contribution in [1.29, 1.82) is 0 Å². The quantitative estimate of drug-likeness (QED) is 0.0908. The third-order valence-corrected chi connectivity index (χ3v) is 11.6. The Morgan fingerprint density at radius 3 is 2.34 bits per heavy atom. The molecule has 1 aromatic rings. The Kier molecular flexibility index (Phi) is 15.7. The number of hydrogen-bond donors (Lipinski definition) is 3. The minimum absolute atomic E-state index is 0.0139. The topological polar surface area (TPSA) is 182 Å². The molecule has 7 atom stereocenters. The number of nitrogens with zero attached hydrogens (tertiary/aromatic N) is 2. The smallest absolute Gasteiger partial charge is 0.327 e. The molecule has 15 heteroatoms. The number of aliphatic hydroxyl groups is 1. The number of amides is 3. The summed E-state index contributed by atoms with van der Waals surface area (Å²) in [7, 11) is 3.34. The molecule has 0 aromatic heterocycles. The van der Waals surface area contributed by atoms with E-state index < -0.39 is 77.1 Å². The zero-order chi connectivity index (χ0) is 43.0. The first-order valence-corrected chi connectivity index (χ1v) is 21.4. The van der Waals surface area contributed by atoms with Gasteiger partial charge in [0.1, 0.15) is 35.4 Å². The molecule has 328 valence electrons. The predicted molar refractivity (Wildman–Crippen MR) is 218 cm³/mol. The Morgan fingerprint density at radius 1 is 1.02 bits per heavy atom. The molecule has 59 heavy (non-hydrogen) atoms. The van der Waals surface area contributed by atoms with Crippen LogP contribution in [0.15, 0.2) is 30.3 Å². The third kappa shape index (κ3) is 11.1. The number of aliphatic hydroxyl groups excluding tert-OH is 1. The van der Waals surface area contributed by atoms with Crippen LogP contribution in [0.3, 0.4) is 0 Å². The maximum atomic E-state index is 14.8. The number of unbranched alkanes of at least 4 members (excludes halogenated alkanes) is 4. The molecule has 3 heterocycles. The number of esters is 2. The summed E-state index contributed by atoms with van der Waals surface area (Å²) in [6.07, 6.45) is 7.48. The van der Waals surface area contributed by atoms with Gasteiger partial charge in [-0.3, -0.25) is 28.8 Å². The monoisotopic (exact) mass is 826 g/mol. The Morgan fingerprint density at radius 2 is 1.69 bits per heavy atom. The number of fused-ring (bicyclic) bond motifs is 4. The van der Waals surface area contributed by atoms with Crippen LogP contribution in [0.1, 0.15) is 123 Å². The Hall–Kier alpha value is -3.89. The van der Waals surface area contributed by atoms with Crippen molar-refractivity contribution in [2.45, 2.75) is 166 Å². The highest BCUT2D eigenvalue weighted by atomic mass is 16.8. The van der Waals surface area contributed by atoms with Gasteiger partial charge >= 0.3 is 11.9 Å². The maximum Gasteiger partial charge on any atom is 0.327 e. The van der Waals surface area contributed by atoms with Gasteiger partial charge in [0.15, 0.2) is 11.8 Å². The van der Waals surface area contributed by atoms with Crippen molar-refractivity contribution in [3.8, 4) is 0 Å². The fourth-order valence-electron chi connectivity index (χ4n) is 8.66. The molecule has 1 aromatic carbocycles. The van der Waals surface area contributed by atoms with E-state index in [1.165, 1.54) is 16.0 Å². The van der Waals surface area contributed by atoms with Gasteiger partial charge in [0.25, 0.3) is 0 Å². The summed E-state index contributed by atoms with van der Waals surface area (Å²) in [6.45, 7) is 9.23. The van der Waals surface area contributed by atoms with Crippen molar-refractivity contribution in [2.24, 2.45) is 5.41 Å². The summed E-state index contributed by atoms with van der Waals surface area (Å²) in [5.41, 5.74) is -0.600.